The summed E-state index contributed by atoms with van der Waals surface area (Å²) in [5.74, 6) is -1.44. The van der Waals surface area contributed by atoms with Crippen LogP contribution in [0.25, 0.3) is 0 Å². The second-order valence-electron chi connectivity index (χ2n) is 5.70. The second kappa shape index (κ2) is 8.35. The van der Waals surface area contributed by atoms with Crippen molar-refractivity contribution in [2.24, 2.45) is 5.92 Å². The molecule has 0 saturated carbocycles. The summed E-state index contributed by atoms with van der Waals surface area (Å²) in [7, 11) is 0. The lowest BCUT2D eigenvalue weighted by Gasteiger charge is -2.13. The van der Waals surface area contributed by atoms with Gasteiger partial charge in [0.05, 0.1) is 17.5 Å². The summed E-state index contributed by atoms with van der Waals surface area (Å²) in [6.45, 7) is 4.27. The Morgan fingerprint density at radius 1 is 1.44 bits per heavy atom. The number of amides is 1. The quantitative estimate of drug-likeness (QED) is 0.589. The summed E-state index contributed by atoms with van der Waals surface area (Å²) >= 11 is 6.65. The molecule has 0 saturated heterocycles. The molecule has 0 unspecified atom stereocenters. The number of anilines is 1. The molecule has 0 bridgehead atoms. The van der Waals surface area contributed by atoms with Crippen LogP contribution in [0.4, 0.5) is 10.1 Å². The van der Waals surface area contributed by atoms with Crippen molar-refractivity contribution < 1.29 is 14.3 Å². The van der Waals surface area contributed by atoms with Gasteiger partial charge in [0.15, 0.2) is 5.16 Å². The van der Waals surface area contributed by atoms with E-state index in [-0.39, 0.29) is 27.5 Å². The first kappa shape index (κ1) is 19.3. The third-order valence-corrected chi connectivity index (χ3v) is 4.26. The minimum absolute atomic E-state index is 0.0124. The number of carbonyl (C=O) groups excluding carboxylic acids is 1. The van der Waals surface area contributed by atoms with Crippen molar-refractivity contribution in [3.8, 4) is 5.88 Å². The molecular weight excluding hydrogens is 369 g/mol. The van der Waals surface area contributed by atoms with Crippen LogP contribution in [0.2, 0.25) is 5.02 Å². The molecule has 0 aliphatic rings. The molecule has 134 valence electrons. The number of nitrogens with zero attached hydrogens (tertiary/aromatic N) is 2. The molecule has 6 nitrogen and oxygen atoms in total. The monoisotopic (exact) mass is 385 g/mol. The van der Waals surface area contributed by atoms with E-state index in [1.165, 1.54) is 16.7 Å². The Labute approximate surface area is 153 Å². The molecule has 2 N–H and O–H groups in total. The fourth-order valence-electron chi connectivity index (χ4n) is 2.02. The first-order valence-electron chi connectivity index (χ1n) is 7.45. The van der Waals surface area contributed by atoms with Crippen molar-refractivity contribution in [1.82, 2.24) is 9.55 Å². The van der Waals surface area contributed by atoms with Crippen LogP contribution < -0.4 is 10.9 Å². The van der Waals surface area contributed by atoms with E-state index < -0.39 is 23.2 Å². The average molecular weight is 386 g/mol. The maximum atomic E-state index is 13.7. The van der Waals surface area contributed by atoms with Crippen molar-refractivity contribution in [2.45, 2.75) is 25.5 Å². The number of thioether (sulfide) groups is 1. The van der Waals surface area contributed by atoms with Gasteiger partial charge < -0.3 is 10.4 Å². The molecule has 1 aromatic carbocycles. The van der Waals surface area contributed by atoms with Crippen LogP contribution in [0.15, 0.2) is 34.2 Å². The Balaban J connectivity index is 2.10. The number of aromatic nitrogens is 2. The van der Waals surface area contributed by atoms with Crippen LogP contribution in [-0.2, 0) is 11.3 Å². The number of aromatic hydroxyl groups is 1. The zero-order chi connectivity index (χ0) is 18.6. The minimum atomic E-state index is -0.641. The van der Waals surface area contributed by atoms with E-state index in [1.807, 2.05) is 13.8 Å². The molecular formula is C16H17ClFN3O3S. The van der Waals surface area contributed by atoms with Crippen molar-refractivity contribution >= 4 is 35.0 Å². The summed E-state index contributed by atoms with van der Waals surface area (Å²) < 4.78 is 15.1. The topological polar surface area (TPSA) is 84.2 Å². The maximum Gasteiger partial charge on any atom is 0.257 e. The standard InChI is InChI=1S/C16H17ClFN3O3S/c1-9(2)7-21-15(24)6-13(22)20-16(21)25-8-14(23)19-12-4-3-10(17)5-11(12)18/h3-6,9,22H,7-8H2,1-2H3,(H,19,23). The number of nitrogens with one attached hydrogen (secondary N) is 1. The highest BCUT2D eigenvalue weighted by molar-refractivity contribution is 7.99. The van der Waals surface area contributed by atoms with E-state index >= 15 is 0 Å². The second-order valence-corrected chi connectivity index (χ2v) is 7.08. The Bertz CT molecular complexity index is 842. The molecule has 1 amide bonds. The third-order valence-electron chi connectivity index (χ3n) is 3.05. The minimum Gasteiger partial charge on any atom is -0.493 e. The molecule has 0 aliphatic carbocycles. The summed E-state index contributed by atoms with van der Waals surface area (Å²) in [4.78, 5) is 27.9. The van der Waals surface area contributed by atoms with Crippen LogP contribution in [0.5, 0.6) is 5.88 Å². The molecule has 1 aromatic heterocycles. The predicted octanol–water partition coefficient (Wildman–Crippen LogP) is 3.13. The molecule has 9 heteroatoms. The molecule has 2 aromatic rings. The largest absolute Gasteiger partial charge is 0.493 e. The van der Waals surface area contributed by atoms with Gasteiger partial charge in [0.1, 0.15) is 5.82 Å². The molecule has 0 radical (unpaired) electrons. The van der Waals surface area contributed by atoms with E-state index in [2.05, 4.69) is 10.3 Å². The van der Waals surface area contributed by atoms with Gasteiger partial charge in [-0.2, -0.15) is 4.98 Å². The van der Waals surface area contributed by atoms with Crippen molar-refractivity contribution in [1.29, 1.82) is 0 Å². The van der Waals surface area contributed by atoms with Gasteiger partial charge in [-0.05, 0) is 24.1 Å². The number of rotatable bonds is 6. The predicted molar refractivity (Wildman–Crippen MR) is 95.8 cm³/mol. The fourth-order valence-corrected chi connectivity index (χ4v) is 2.99. The van der Waals surface area contributed by atoms with E-state index in [9.17, 15) is 19.1 Å². The number of benzene rings is 1. The van der Waals surface area contributed by atoms with Gasteiger partial charge in [-0.25, -0.2) is 4.39 Å². The lowest BCUT2D eigenvalue weighted by Crippen LogP contribution is -2.25. The van der Waals surface area contributed by atoms with Gasteiger partial charge in [-0.1, -0.05) is 37.2 Å². The highest BCUT2D eigenvalue weighted by atomic mass is 35.5. The average Bonchev–Trinajstić information content (AvgIpc) is 2.50. The number of carbonyl (C=O) groups is 1. The van der Waals surface area contributed by atoms with Crippen molar-refractivity contribution in [3.05, 3.63) is 45.5 Å². The third kappa shape index (κ3) is 5.47. The molecule has 1 heterocycles. The van der Waals surface area contributed by atoms with Crippen LogP contribution in [0.3, 0.4) is 0 Å². The smallest absolute Gasteiger partial charge is 0.257 e. The van der Waals surface area contributed by atoms with Crippen LogP contribution in [0, 0.1) is 11.7 Å². The summed E-state index contributed by atoms with van der Waals surface area (Å²) in [6.07, 6.45) is 0. The molecule has 0 fully saturated rings. The number of hydrogen-bond donors (Lipinski definition) is 2. The summed E-state index contributed by atoms with van der Waals surface area (Å²) in [5, 5.41) is 12.4. The lowest BCUT2D eigenvalue weighted by atomic mass is 10.2. The zero-order valence-corrected chi connectivity index (χ0v) is 15.2. The molecule has 0 atom stereocenters. The lowest BCUT2D eigenvalue weighted by molar-refractivity contribution is -0.113. The van der Waals surface area contributed by atoms with Crippen LogP contribution in [-0.4, -0.2) is 26.3 Å². The summed E-state index contributed by atoms with van der Waals surface area (Å²) in [6, 6.07) is 4.95. The summed E-state index contributed by atoms with van der Waals surface area (Å²) in [5.41, 5.74) is -0.383. The Morgan fingerprint density at radius 2 is 2.16 bits per heavy atom. The van der Waals surface area contributed by atoms with Gasteiger partial charge in [0.2, 0.25) is 11.8 Å². The molecule has 2 rings (SSSR count). The number of halogens is 2. The maximum absolute atomic E-state index is 13.7. The first-order valence-corrected chi connectivity index (χ1v) is 8.81. The van der Waals surface area contributed by atoms with E-state index in [1.54, 1.807) is 0 Å². The van der Waals surface area contributed by atoms with Gasteiger partial charge in [0.25, 0.3) is 5.56 Å². The first-order chi connectivity index (χ1) is 11.8. The SMILES string of the molecule is CC(C)Cn1c(SCC(=O)Nc2ccc(Cl)cc2F)nc(O)cc1=O. The highest BCUT2D eigenvalue weighted by Crippen LogP contribution is 2.21. The van der Waals surface area contributed by atoms with Crippen LogP contribution in [0.1, 0.15) is 13.8 Å². The van der Waals surface area contributed by atoms with E-state index in [4.69, 9.17) is 11.6 Å². The van der Waals surface area contributed by atoms with Crippen molar-refractivity contribution in [3.63, 3.8) is 0 Å². The van der Waals surface area contributed by atoms with Gasteiger partial charge in [-0.15, -0.1) is 0 Å². The molecule has 25 heavy (non-hydrogen) atoms. The van der Waals surface area contributed by atoms with E-state index in [0.717, 1.165) is 23.9 Å². The zero-order valence-electron chi connectivity index (χ0n) is 13.6. The number of hydrogen-bond acceptors (Lipinski definition) is 5. The fraction of sp³-hybridized carbons (Fsp3) is 0.312. The van der Waals surface area contributed by atoms with Gasteiger partial charge in [0, 0.05) is 11.6 Å². The normalized spacial score (nSPS) is 10.9. The van der Waals surface area contributed by atoms with Gasteiger partial charge in [-0.3, -0.25) is 14.2 Å². The molecule has 0 aliphatic heterocycles. The van der Waals surface area contributed by atoms with Crippen molar-refractivity contribution in [2.75, 3.05) is 11.1 Å². The Kier molecular flexibility index (Phi) is 6.44. The van der Waals surface area contributed by atoms with Crippen LogP contribution >= 0.6 is 23.4 Å². The molecule has 0 spiro atoms. The highest BCUT2D eigenvalue weighted by Gasteiger charge is 2.14. The van der Waals surface area contributed by atoms with E-state index in [0.29, 0.717) is 6.54 Å². The van der Waals surface area contributed by atoms with Gasteiger partial charge >= 0.3 is 0 Å². The Morgan fingerprint density at radius 3 is 2.80 bits per heavy atom. The Hall–Kier alpha value is -2.06.